The highest BCUT2D eigenvalue weighted by atomic mass is 35.5. The maximum absolute atomic E-state index is 13.6. The van der Waals surface area contributed by atoms with Gasteiger partial charge < -0.3 is 11.1 Å². The Morgan fingerprint density at radius 2 is 1.77 bits per heavy atom. The lowest BCUT2D eigenvalue weighted by Gasteiger charge is -2.29. The second-order valence-electron chi connectivity index (χ2n) is 9.69. The smallest absolute Gasteiger partial charge is 0.333 e. The number of benzene rings is 1. The molecule has 0 saturated heterocycles. The van der Waals surface area contributed by atoms with Gasteiger partial charge >= 0.3 is 11.7 Å². The summed E-state index contributed by atoms with van der Waals surface area (Å²) in [5.74, 6) is -0.178. The fraction of sp³-hybridized carbons (Fsp3) is 0.296. The largest absolute Gasteiger partial charge is 0.351 e. The highest BCUT2D eigenvalue weighted by Crippen LogP contribution is 2.29. The molecule has 0 atom stereocenters. The summed E-state index contributed by atoms with van der Waals surface area (Å²) in [6.45, 7) is 0.482. The second-order valence-corrected chi connectivity index (χ2v) is 10.1. The lowest BCUT2D eigenvalue weighted by molar-refractivity contribution is 0.0904. The Labute approximate surface area is 232 Å². The summed E-state index contributed by atoms with van der Waals surface area (Å²) in [6, 6.07) is 11.0. The summed E-state index contributed by atoms with van der Waals surface area (Å²) >= 11 is 5.88. The average Bonchev–Trinajstić information content (AvgIpc) is 3.20. The number of halogens is 3. The second kappa shape index (κ2) is 11.4. The number of hydrogen-bond acceptors (Lipinski definition) is 5. The summed E-state index contributed by atoms with van der Waals surface area (Å²) in [5.41, 5.74) is 6.13. The molecule has 1 aliphatic carbocycles. The van der Waals surface area contributed by atoms with Crippen molar-refractivity contribution in [3.63, 3.8) is 0 Å². The highest BCUT2D eigenvalue weighted by molar-refractivity contribution is 6.30. The van der Waals surface area contributed by atoms with Gasteiger partial charge in [-0.1, -0.05) is 23.7 Å². The van der Waals surface area contributed by atoms with Crippen LogP contribution in [-0.2, 0) is 6.54 Å². The van der Waals surface area contributed by atoms with Crippen LogP contribution in [0, 0.1) is 5.92 Å². The van der Waals surface area contributed by atoms with Gasteiger partial charge in [-0.05, 0) is 61.9 Å². The van der Waals surface area contributed by atoms with Gasteiger partial charge in [0.2, 0.25) is 0 Å². The van der Waals surface area contributed by atoms with Gasteiger partial charge in [0, 0.05) is 18.8 Å². The summed E-state index contributed by atoms with van der Waals surface area (Å²) in [4.78, 5) is 45.2. The average molecular weight is 570 g/mol. The lowest BCUT2D eigenvalue weighted by Crippen LogP contribution is -2.39. The first kappa shape index (κ1) is 27.3. The molecule has 4 aromatic rings. The Morgan fingerprint density at radius 3 is 2.42 bits per heavy atom. The monoisotopic (exact) mass is 569 g/mol. The van der Waals surface area contributed by atoms with Crippen LogP contribution in [0.5, 0.6) is 0 Å². The fourth-order valence-electron chi connectivity index (χ4n) is 5.17. The van der Waals surface area contributed by atoms with Crippen molar-refractivity contribution in [2.45, 2.75) is 44.7 Å². The van der Waals surface area contributed by atoms with Gasteiger partial charge in [0.05, 0.1) is 33.5 Å². The number of hydrogen-bond donors (Lipinski definition) is 3. The number of primary amides is 1. The molecule has 0 bridgehead atoms. The molecule has 40 heavy (non-hydrogen) atoms. The molecule has 1 saturated carbocycles. The van der Waals surface area contributed by atoms with E-state index in [0.29, 0.717) is 25.1 Å². The number of nitrogens with two attached hydrogens (primary N) is 1. The zero-order chi connectivity index (χ0) is 28.4. The third-order valence-electron chi connectivity index (χ3n) is 7.05. The molecule has 0 aliphatic heterocycles. The van der Waals surface area contributed by atoms with E-state index in [0.717, 1.165) is 30.1 Å². The van der Waals surface area contributed by atoms with Crippen molar-refractivity contribution in [2.24, 2.45) is 11.7 Å². The number of urea groups is 1. The number of pyridine rings is 2. The maximum Gasteiger partial charge on any atom is 0.333 e. The van der Waals surface area contributed by atoms with Crippen molar-refractivity contribution in [3.05, 3.63) is 81.6 Å². The van der Waals surface area contributed by atoms with E-state index in [1.54, 1.807) is 21.3 Å². The minimum atomic E-state index is -2.89. The van der Waals surface area contributed by atoms with Crippen molar-refractivity contribution in [2.75, 3.05) is 5.32 Å². The number of rotatable bonds is 7. The number of nitrogens with one attached hydrogen (secondary N) is 2. The first-order valence-corrected chi connectivity index (χ1v) is 13.1. The SMILES string of the molecule is NC(=O)Nc1ccc(-n2c(=O)n(C[C@H]3CC[C@H](NC(=O)c4cc(Cl)cnc4C(F)F)CC3)c3ccccc32)cn1. The van der Waals surface area contributed by atoms with Gasteiger partial charge in [0.25, 0.3) is 12.3 Å². The van der Waals surface area contributed by atoms with E-state index in [2.05, 4.69) is 20.6 Å². The molecule has 1 aliphatic rings. The minimum absolute atomic E-state index is 0.108. The van der Waals surface area contributed by atoms with Crippen molar-refractivity contribution in [1.29, 1.82) is 0 Å². The number of imidazole rings is 1. The van der Waals surface area contributed by atoms with Crippen LogP contribution in [0.3, 0.4) is 0 Å². The number of alkyl halides is 2. The molecule has 3 heterocycles. The van der Waals surface area contributed by atoms with E-state index in [4.69, 9.17) is 17.3 Å². The molecule has 0 spiro atoms. The van der Waals surface area contributed by atoms with Gasteiger partial charge in [-0.2, -0.15) is 0 Å². The van der Waals surface area contributed by atoms with Crippen molar-refractivity contribution < 1.29 is 18.4 Å². The van der Waals surface area contributed by atoms with Crippen LogP contribution in [-0.4, -0.2) is 37.1 Å². The molecular formula is C27H26ClF2N7O3. The molecule has 1 aromatic carbocycles. The molecule has 4 N–H and O–H groups in total. The summed E-state index contributed by atoms with van der Waals surface area (Å²) in [5, 5.41) is 5.34. The summed E-state index contributed by atoms with van der Waals surface area (Å²) in [7, 11) is 0. The molecule has 10 nitrogen and oxygen atoms in total. The van der Waals surface area contributed by atoms with E-state index in [1.807, 2.05) is 24.3 Å². The van der Waals surface area contributed by atoms with E-state index in [9.17, 15) is 23.2 Å². The number of amides is 3. The van der Waals surface area contributed by atoms with Crippen molar-refractivity contribution in [1.82, 2.24) is 24.4 Å². The Morgan fingerprint density at radius 1 is 1.05 bits per heavy atom. The number of nitrogens with zero attached hydrogens (tertiary/aromatic N) is 4. The Balaban J connectivity index is 1.29. The lowest BCUT2D eigenvalue weighted by atomic mass is 9.85. The van der Waals surface area contributed by atoms with Gasteiger partial charge in [-0.15, -0.1) is 0 Å². The van der Waals surface area contributed by atoms with E-state index in [1.165, 1.54) is 12.3 Å². The normalized spacial score (nSPS) is 17.2. The van der Waals surface area contributed by atoms with Crippen LogP contribution in [0.15, 0.2) is 59.7 Å². The van der Waals surface area contributed by atoms with Crippen molar-refractivity contribution in [3.8, 4) is 5.69 Å². The molecule has 5 rings (SSSR count). The van der Waals surface area contributed by atoms with Crippen molar-refractivity contribution >= 4 is 40.4 Å². The topological polar surface area (TPSA) is 137 Å². The zero-order valence-electron chi connectivity index (χ0n) is 21.2. The number of fused-ring (bicyclic) bond motifs is 1. The van der Waals surface area contributed by atoms with Crippen LogP contribution in [0.4, 0.5) is 19.4 Å². The highest BCUT2D eigenvalue weighted by Gasteiger charge is 2.27. The molecule has 208 valence electrons. The molecule has 13 heteroatoms. The van der Waals surface area contributed by atoms with Gasteiger partial charge in [0.1, 0.15) is 11.5 Å². The minimum Gasteiger partial charge on any atom is -0.351 e. The molecule has 0 unspecified atom stereocenters. The third-order valence-corrected chi connectivity index (χ3v) is 7.26. The first-order valence-electron chi connectivity index (χ1n) is 12.7. The van der Waals surface area contributed by atoms with Gasteiger partial charge in [-0.25, -0.2) is 23.4 Å². The van der Waals surface area contributed by atoms with Gasteiger partial charge in [-0.3, -0.25) is 24.2 Å². The molecule has 0 radical (unpaired) electrons. The van der Waals surface area contributed by atoms with E-state index in [-0.39, 0.29) is 34.1 Å². The maximum atomic E-state index is 13.6. The van der Waals surface area contributed by atoms with Crippen LogP contribution in [0.2, 0.25) is 5.02 Å². The van der Waals surface area contributed by atoms with E-state index < -0.39 is 24.1 Å². The number of anilines is 1. The Hall–Kier alpha value is -4.32. The first-order chi connectivity index (χ1) is 19.2. The van der Waals surface area contributed by atoms with Crippen LogP contribution in [0.25, 0.3) is 16.7 Å². The van der Waals surface area contributed by atoms with Crippen LogP contribution in [0.1, 0.15) is 48.2 Å². The predicted octanol–water partition coefficient (Wildman–Crippen LogP) is 4.65. The van der Waals surface area contributed by atoms with Crippen LogP contribution < -0.4 is 22.1 Å². The predicted molar refractivity (Wildman–Crippen MR) is 146 cm³/mol. The fourth-order valence-corrected chi connectivity index (χ4v) is 5.33. The van der Waals surface area contributed by atoms with Gasteiger partial charge in [0.15, 0.2) is 0 Å². The Bertz CT molecular complexity index is 1610. The van der Waals surface area contributed by atoms with Crippen LogP contribution >= 0.6 is 11.6 Å². The summed E-state index contributed by atoms with van der Waals surface area (Å²) in [6.07, 6.45) is 2.45. The number of carbonyl (C=O) groups is 2. The molecule has 1 fully saturated rings. The Kier molecular flexibility index (Phi) is 7.78. The molecule has 3 aromatic heterocycles. The van der Waals surface area contributed by atoms with E-state index >= 15 is 0 Å². The third kappa shape index (κ3) is 5.67. The number of carbonyl (C=O) groups excluding carboxylic acids is 2. The summed E-state index contributed by atoms with van der Waals surface area (Å²) < 4.78 is 30.0. The standard InChI is InChI=1S/C27H26ClF2N7O3/c28-16-11-19(23(24(29)30)33-12-16)25(38)34-17-7-5-15(6-8-17)14-36-20-3-1-2-4-21(20)37(27(36)40)18-9-10-22(32-13-18)35-26(31)39/h1-4,9-13,15,17,24H,5-8,14H2,(H,34,38)(H3,31,32,35,39)/t15-,17-. The zero-order valence-corrected chi connectivity index (χ0v) is 21.9. The number of aromatic nitrogens is 4. The number of para-hydroxylation sites is 2. The molecular weight excluding hydrogens is 544 g/mol. The molecule has 3 amide bonds. The quantitative estimate of drug-likeness (QED) is 0.297.